The van der Waals surface area contributed by atoms with E-state index in [0.29, 0.717) is 17.9 Å². The van der Waals surface area contributed by atoms with E-state index in [1.165, 1.54) is 0 Å². The van der Waals surface area contributed by atoms with Crippen molar-refractivity contribution in [2.24, 2.45) is 0 Å². The second-order valence-corrected chi connectivity index (χ2v) is 4.24. The van der Waals surface area contributed by atoms with Crippen LogP contribution in [0.3, 0.4) is 0 Å². The van der Waals surface area contributed by atoms with Gasteiger partial charge in [0.05, 0.1) is 11.9 Å². The Labute approximate surface area is 111 Å². The third kappa shape index (κ3) is 2.22. The first kappa shape index (κ1) is 11.5. The van der Waals surface area contributed by atoms with Gasteiger partial charge in [-0.15, -0.1) is 0 Å². The lowest BCUT2D eigenvalue weighted by Crippen LogP contribution is -2.30. The number of hydrogen-bond acceptors (Lipinski definition) is 2. The molecular weight excluding hydrogens is 238 g/mol. The lowest BCUT2D eigenvalue weighted by Gasteiger charge is -2.21. The van der Waals surface area contributed by atoms with E-state index in [1.54, 1.807) is 11.2 Å². The molecule has 3 nitrogen and oxygen atoms in total. The molecule has 0 unspecified atom stereocenters. The molecule has 1 heterocycles. The van der Waals surface area contributed by atoms with Crippen molar-refractivity contribution >= 4 is 11.6 Å². The van der Waals surface area contributed by atoms with Gasteiger partial charge >= 0.3 is 0 Å². The van der Waals surface area contributed by atoms with Crippen LogP contribution in [0.1, 0.15) is 10.4 Å². The van der Waals surface area contributed by atoms with Crippen molar-refractivity contribution in [3.8, 4) is 5.75 Å². The fourth-order valence-electron chi connectivity index (χ4n) is 2.08. The van der Waals surface area contributed by atoms with Gasteiger partial charge in [0.25, 0.3) is 5.91 Å². The molecule has 94 valence electrons. The third-order valence-electron chi connectivity index (χ3n) is 3.00. The van der Waals surface area contributed by atoms with Gasteiger partial charge in [-0.1, -0.05) is 30.3 Å². The summed E-state index contributed by atoms with van der Waals surface area (Å²) in [4.78, 5) is 14.3. The Kier molecular flexibility index (Phi) is 3.02. The number of nitrogens with zero attached hydrogens (tertiary/aromatic N) is 1. The first-order valence-corrected chi connectivity index (χ1v) is 6.14. The Bertz CT molecular complexity index is 620. The summed E-state index contributed by atoms with van der Waals surface area (Å²) in [5.41, 5.74) is 1.47. The summed E-state index contributed by atoms with van der Waals surface area (Å²) < 4.78 is 5.49. The van der Waals surface area contributed by atoms with Crippen LogP contribution < -0.4 is 9.64 Å². The van der Waals surface area contributed by atoms with Crippen LogP contribution in [0.25, 0.3) is 0 Å². The quantitative estimate of drug-likeness (QED) is 0.778. The minimum absolute atomic E-state index is 0.0248. The highest BCUT2D eigenvalue weighted by atomic mass is 16.5. The maximum absolute atomic E-state index is 12.6. The fourth-order valence-corrected chi connectivity index (χ4v) is 2.08. The number of amides is 1. The van der Waals surface area contributed by atoms with Crippen molar-refractivity contribution in [2.45, 2.75) is 0 Å². The molecule has 0 fully saturated rings. The molecule has 0 N–H and O–H groups in total. The van der Waals surface area contributed by atoms with Gasteiger partial charge in [-0.3, -0.25) is 4.79 Å². The molecule has 3 rings (SSSR count). The Morgan fingerprint density at radius 3 is 2.58 bits per heavy atom. The maximum Gasteiger partial charge on any atom is 0.258 e. The highest BCUT2D eigenvalue weighted by Gasteiger charge is 2.20. The van der Waals surface area contributed by atoms with Gasteiger partial charge in [-0.2, -0.15) is 0 Å². The van der Waals surface area contributed by atoms with Gasteiger partial charge in [0.2, 0.25) is 0 Å². The summed E-state index contributed by atoms with van der Waals surface area (Å²) in [6.07, 6.45) is 3.46. The van der Waals surface area contributed by atoms with Gasteiger partial charge in [0, 0.05) is 12.1 Å². The molecule has 2 aromatic carbocycles. The molecule has 0 radical (unpaired) electrons. The average molecular weight is 251 g/mol. The predicted octanol–water partition coefficient (Wildman–Crippen LogP) is 3.24. The van der Waals surface area contributed by atoms with E-state index in [4.69, 9.17) is 4.74 Å². The topological polar surface area (TPSA) is 29.5 Å². The minimum atomic E-state index is -0.0248. The van der Waals surface area contributed by atoms with Crippen molar-refractivity contribution in [2.75, 3.05) is 11.4 Å². The summed E-state index contributed by atoms with van der Waals surface area (Å²) in [5.74, 6) is 0.670. The highest BCUT2D eigenvalue weighted by Crippen LogP contribution is 2.30. The zero-order valence-electron chi connectivity index (χ0n) is 10.3. The first-order chi connectivity index (χ1) is 9.36. The van der Waals surface area contributed by atoms with E-state index in [2.05, 4.69) is 0 Å². The van der Waals surface area contributed by atoms with Gasteiger partial charge in [0.1, 0.15) is 5.75 Å². The van der Waals surface area contributed by atoms with Crippen molar-refractivity contribution in [3.63, 3.8) is 0 Å². The molecular formula is C16H13NO2. The predicted molar refractivity (Wildman–Crippen MR) is 74.3 cm³/mol. The van der Waals surface area contributed by atoms with Crippen molar-refractivity contribution < 1.29 is 9.53 Å². The SMILES string of the molecule is O=C(c1ccccc1)N1CC=COc2ccccc21. The average Bonchev–Trinajstić information content (AvgIpc) is 2.70. The molecule has 1 aliphatic rings. The van der Waals surface area contributed by atoms with Crippen molar-refractivity contribution in [1.82, 2.24) is 0 Å². The molecule has 1 amide bonds. The standard InChI is InChI=1S/C16H13NO2/c18-16(13-7-2-1-3-8-13)17-11-6-12-19-15-10-5-4-9-14(15)17/h1-10,12H,11H2. The molecule has 3 heteroatoms. The summed E-state index contributed by atoms with van der Waals surface area (Å²) in [7, 11) is 0. The molecule has 0 saturated carbocycles. The van der Waals surface area contributed by atoms with Gasteiger partial charge in [0.15, 0.2) is 0 Å². The minimum Gasteiger partial charge on any atom is -0.463 e. The van der Waals surface area contributed by atoms with Crippen LogP contribution >= 0.6 is 0 Å². The fraction of sp³-hybridized carbons (Fsp3) is 0.0625. The smallest absolute Gasteiger partial charge is 0.258 e. The summed E-state index contributed by atoms with van der Waals surface area (Å²) in [6, 6.07) is 16.8. The van der Waals surface area contributed by atoms with Crippen LogP contribution in [0.5, 0.6) is 5.75 Å². The Balaban J connectivity index is 2.01. The van der Waals surface area contributed by atoms with E-state index in [0.717, 1.165) is 5.69 Å². The highest BCUT2D eigenvalue weighted by molar-refractivity contribution is 6.07. The van der Waals surface area contributed by atoms with Crippen LogP contribution in [0.2, 0.25) is 0 Å². The second kappa shape index (κ2) is 4.98. The number of ether oxygens (including phenoxy) is 1. The number of fused-ring (bicyclic) bond motifs is 1. The molecule has 0 spiro atoms. The Morgan fingerprint density at radius 1 is 1.00 bits per heavy atom. The van der Waals surface area contributed by atoms with Crippen LogP contribution in [0.4, 0.5) is 5.69 Å². The Hall–Kier alpha value is -2.55. The second-order valence-electron chi connectivity index (χ2n) is 4.24. The van der Waals surface area contributed by atoms with Crippen molar-refractivity contribution in [3.05, 3.63) is 72.5 Å². The van der Waals surface area contributed by atoms with Crippen molar-refractivity contribution in [1.29, 1.82) is 0 Å². The molecule has 0 atom stereocenters. The van der Waals surface area contributed by atoms with Crippen LogP contribution in [-0.4, -0.2) is 12.5 Å². The van der Waals surface area contributed by atoms with E-state index < -0.39 is 0 Å². The summed E-state index contributed by atoms with van der Waals surface area (Å²) in [6.45, 7) is 0.505. The van der Waals surface area contributed by atoms with E-state index in [1.807, 2.05) is 60.7 Å². The monoisotopic (exact) mass is 251 g/mol. The molecule has 0 bridgehead atoms. The van der Waals surface area contributed by atoms with Gasteiger partial charge in [-0.05, 0) is 30.3 Å². The summed E-state index contributed by atoms with van der Waals surface area (Å²) >= 11 is 0. The number of hydrogen-bond donors (Lipinski definition) is 0. The van der Waals surface area contributed by atoms with E-state index in [-0.39, 0.29) is 5.91 Å². The number of carbonyl (C=O) groups is 1. The number of carbonyl (C=O) groups excluding carboxylic acids is 1. The maximum atomic E-state index is 12.6. The molecule has 0 saturated heterocycles. The Morgan fingerprint density at radius 2 is 1.74 bits per heavy atom. The number of benzene rings is 2. The first-order valence-electron chi connectivity index (χ1n) is 6.14. The lowest BCUT2D eigenvalue weighted by molar-refractivity contribution is 0.0989. The lowest BCUT2D eigenvalue weighted by atomic mass is 10.1. The van der Waals surface area contributed by atoms with Gasteiger partial charge < -0.3 is 9.64 Å². The molecule has 1 aliphatic heterocycles. The molecule has 19 heavy (non-hydrogen) atoms. The summed E-state index contributed by atoms with van der Waals surface area (Å²) in [5, 5.41) is 0. The number of rotatable bonds is 1. The van der Waals surface area contributed by atoms with Crippen LogP contribution in [-0.2, 0) is 0 Å². The third-order valence-corrected chi connectivity index (χ3v) is 3.00. The molecule has 0 aromatic heterocycles. The van der Waals surface area contributed by atoms with Crippen LogP contribution in [0, 0.1) is 0 Å². The zero-order chi connectivity index (χ0) is 13.1. The van der Waals surface area contributed by atoms with E-state index >= 15 is 0 Å². The van der Waals surface area contributed by atoms with Gasteiger partial charge in [-0.25, -0.2) is 0 Å². The molecule has 2 aromatic rings. The largest absolute Gasteiger partial charge is 0.463 e. The molecule has 0 aliphatic carbocycles. The number of anilines is 1. The van der Waals surface area contributed by atoms with E-state index in [9.17, 15) is 4.79 Å². The number of para-hydroxylation sites is 2. The normalized spacial score (nSPS) is 13.4. The zero-order valence-corrected chi connectivity index (χ0v) is 10.3. The van der Waals surface area contributed by atoms with Crippen LogP contribution in [0.15, 0.2) is 66.9 Å².